The van der Waals surface area contributed by atoms with Crippen LogP contribution in [0.1, 0.15) is 6.92 Å². The van der Waals surface area contributed by atoms with E-state index in [2.05, 4.69) is 32.3 Å². The minimum atomic E-state index is 0.507. The van der Waals surface area contributed by atoms with Crippen molar-refractivity contribution in [2.24, 2.45) is 0 Å². The monoisotopic (exact) mass is 409 g/mol. The van der Waals surface area contributed by atoms with E-state index in [1.807, 2.05) is 59.5 Å². The molecule has 4 heterocycles. The van der Waals surface area contributed by atoms with Crippen molar-refractivity contribution in [3.05, 3.63) is 79.9 Å². The highest BCUT2D eigenvalue weighted by Gasteiger charge is 2.15. The van der Waals surface area contributed by atoms with E-state index in [0.717, 1.165) is 40.4 Å². The molecule has 5 aromatic rings. The van der Waals surface area contributed by atoms with Crippen LogP contribution in [0.4, 0.5) is 11.6 Å². The van der Waals surface area contributed by atoms with Gasteiger partial charge in [0, 0.05) is 48.1 Å². The molecule has 0 saturated heterocycles. The van der Waals surface area contributed by atoms with Gasteiger partial charge in [0.2, 0.25) is 5.95 Å². The van der Waals surface area contributed by atoms with Crippen LogP contribution in [0.2, 0.25) is 0 Å². The standard InChI is InChI=1S/C22H19N9/c1-2-30-13-19(21(29-30)16-4-3-10-23-12-16)20-9-11-25-22(28-20)27-17-5-7-18(8-6-17)31-15-24-14-26-31/h3-15H,2H2,1H3,(H,25,27,28). The lowest BCUT2D eigenvalue weighted by Gasteiger charge is -2.08. The third-order valence-electron chi connectivity index (χ3n) is 4.76. The van der Waals surface area contributed by atoms with Crippen molar-refractivity contribution in [2.75, 3.05) is 5.32 Å². The maximum atomic E-state index is 4.72. The third-order valence-corrected chi connectivity index (χ3v) is 4.76. The Labute approximate surface area is 178 Å². The topological polar surface area (TPSA) is 99.2 Å². The van der Waals surface area contributed by atoms with Gasteiger partial charge in [-0.05, 0) is 49.4 Å². The van der Waals surface area contributed by atoms with Gasteiger partial charge in [-0.15, -0.1) is 0 Å². The minimum Gasteiger partial charge on any atom is -0.324 e. The number of aryl methyl sites for hydroxylation is 1. The van der Waals surface area contributed by atoms with Crippen molar-refractivity contribution in [1.82, 2.24) is 39.5 Å². The molecule has 0 aliphatic carbocycles. The van der Waals surface area contributed by atoms with Crippen LogP contribution < -0.4 is 5.32 Å². The van der Waals surface area contributed by atoms with Crippen LogP contribution in [0.25, 0.3) is 28.2 Å². The lowest BCUT2D eigenvalue weighted by molar-refractivity contribution is 0.662. The molecule has 5 rings (SSSR count). The Morgan fingerprint density at radius 3 is 2.65 bits per heavy atom. The summed E-state index contributed by atoms with van der Waals surface area (Å²) in [6, 6.07) is 13.6. The summed E-state index contributed by atoms with van der Waals surface area (Å²) >= 11 is 0. The number of nitrogens with one attached hydrogen (secondary N) is 1. The average Bonchev–Trinajstić information content (AvgIpc) is 3.51. The molecule has 9 heteroatoms. The highest BCUT2D eigenvalue weighted by molar-refractivity contribution is 5.78. The molecule has 1 N–H and O–H groups in total. The lowest BCUT2D eigenvalue weighted by atomic mass is 10.1. The fourth-order valence-electron chi connectivity index (χ4n) is 3.22. The van der Waals surface area contributed by atoms with E-state index in [-0.39, 0.29) is 0 Å². The average molecular weight is 409 g/mol. The Morgan fingerprint density at radius 1 is 1.00 bits per heavy atom. The molecule has 0 saturated carbocycles. The first kappa shape index (κ1) is 18.6. The van der Waals surface area contributed by atoms with Crippen LogP contribution in [-0.4, -0.2) is 39.5 Å². The second-order valence-corrected chi connectivity index (χ2v) is 6.77. The first-order valence-electron chi connectivity index (χ1n) is 9.83. The number of nitrogens with zero attached hydrogens (tertiary/aromatic N) is 8. The van der Waals surface area contributed by atoms with Crippen LogP contribution in [0.15, 0.2) is 79.9 Å². The fraction of sp³-hybridized carbons (Fsp3) is 0.0909. The molecule has 0 amide bonds. The molecule has 31 heavy (non-hydrogen) atoms. The molecule has 0 aliphatic heterocycles. The Kier molecular flexibility index (Phi) is 4.89. The van der Waals surface area contributed by atoms with Crippen molar-refractivity contribution in [3.8, 4) is 28.2 Å². The second kappa shape index (κ2) is 8.15. The van der Waals surface area contributed by atoms with Crippen LogP contribution in [0, 0.1) is 0 Å². The van der Waals surface area contributed by atoms with Gasteiger partial charge >= 0.3 is 0 Å². The van der Waals surface area contributed by atoms with Crippen molar-refractivity contribution in [1.29, 1.82) is 0 Å². The highest BCUT2D eigenvalue weighted by Crippen LogP contribution is 2.30. The molecular formula is C22H19N9. The Morgan fingerprint density at radius 2 is 1.90 bits per heavy atom. The van der Waals surface area contributed by atoms with Crippen molar-refractivity contribution in [3.63, 3.8) is 0 Å². The van der Waals surface area contributed by atoms with Gasteiger partial charge in [0.05, 0.1) is 11.4 Å². The predicted octanol–water partition coefficient (Wildman–Crippen LogP) is 3.75. The summed E-state index contributed by atoms with van der Waals surface area (Å²) < 4.78 is 3.60. The van der Waals surface area contributed by atoms with Gasteiger partial charge in [-0.2, -0.15) is 10.2 Å². The van der Waals surface area contributed by atoms with Crippen LogP contribution in [0.5, 0.6) is 0 Å². The summed E-state index contributed by atoms with van der Waals surface area (Å²) in [5.74, 6) is 0.507. The zero-order chi connectivity index (χ0) is 21.0. The first-order chi connectivity index (χ1) is 15.3. The molecule has 0 unspecified atom stereocenters. The number of hydrogen-bond acceptors (Lipinski definition) is 7. The SMILES string of the molecule is CCn1cc(-c2ccnc(Nc3ccc(-n4cncn4)cc3)n2)c(-c2cccnc2)n1. The van der Waals surface area contributed by atoms with E-state index in [1.54, 1.807) is 23.4 Å². The minimum absolute atomic E-state index is 0.507. The van der Waals surface area contributed by atoms with Gasteiger partial charge in [0.15, 0.2) is 0 Å². The molecule has 4 aromatic heterocycles. The molecule has 0 fully saturated rings. The van der Waals surface area contributed by atoms with E-state index >= 15 is 0 Å². The molecule has 0 aliphatic rings. The van der Waals surface area contributed by atoms with Gasteiger partial charge in [0.25, 0.3) is 0 Å². The largest absolute Gasteiger partial charge is 0.324 e. The number of pyridine rings is 1. The van der Waals surface area contributed by atoms with Gasteiger partial charge in [0.1, 0.15) is 18.3 Å². The summed E-state index contributed by atoms with van der Waals surface area (Å²) in [6.07, 6.45) is 10.5. The van der Waals surface area contributed by atoms with Crippen LogP contribution >= 0.6 is 0 Å². The van der Waals surface area contributed by atoms with E-state index in [1.165, 1.54) is 6.33 Å². The van der Waals surface area contributed by atoms with Crippen molar-refractivity contribution < 1.29 is 0 Å². The zero-order valence-electron chi connectivity index (χ0n) is 16.8. The third kappa shape index (κ3) is 3.88. The van der Waals surface area contributed by atoms with Crippen LogP contribution in [0.3, 0.4) is 0 Å². The van der Waals surface area contributed by atoms with E-state index in [4.69, 9.17) is 10.1 Å². The number of hydrogen-bond donors (Lipinski definition) is 1. The Bertz CT molecular complexity index is 1280. The Hall–Kier alpha value is -4.40. The van der Waals surface area contributed by atoms with E-state index in [9.17, 15) is 0 Å². The van der Waals surface area contributed by atoms with Gasteiger partial charge in [-0.3, -0.25) is 9.67 Å². The molecular weight excluding hydrogens is 390 g/mol. The molecule has 0 atom stereocenters. The summed E-state index contributed by atoms with van der Waals surface area (Å²) in [7, 11) is 0. The molecule has 0 bridgehead atoms. The molecule has 9 nitrogen and oxygen atoms in total. The maximum Gasteiger partial charge on any atom is 0.227 e. The summed E-state index contributed by atoms with van der Waals surface area (Å²) in [5, 5.41) is 12.1. The summed E-state index contributed by atoms with van der Waals surface area (Å²) in [5.41, 5.74) is 5.30. The number of anilines is 2. The molecule has 0 spiro atoms. The van der Waals surface area contributed by atoms with Crippen LogP contribution in [-0.2, 0) is 6.54 Å². The second-order valence-electron chi connectivity index (χ2n) is 6.77. The zero-order valence-corrected chi connectivity index (χ0v) is 16.8. The predicted molar refractivity (Wildman–Crippen MR) is 117 cm³/mol. The number of rotatable bonds is 6. The molecule has 152 valence electrons. The normalized spacial score (nSPS) is 10.9. The lowest BCUT2D eigenvalue weighted by Crippen LogP contribution is -1.99. The first-order valence-corrected chi connectivity index (χ1v) is 9.83. The van der Waals surface area contributed by atoms with E-state index in [0.29, 0.717) is 5.95 Å². The Balaban J connectivity index is 1.44. The number of benzene rings is 1. The van der Waals surface area contributed by atoms with Gasteiger partial charge in [-0.25, -0.2) is 19.6 Å². The van der Waals surface area contributed by atoms with Crippen molar-refractivity contribution >= 4 is 11.6 Å². The maximum absolute atomic E-state index is 4.72. The quantitative estimate of drug-likeness (QED) is 0.456. The van der Waals surface area contributed by atoms with E-state index < -0.39 is 0 Å². The van der Waals surface area contributed by atoms with Gasteiger partial charge < -0.3 is 5.32 Å². The van der Waals surface area contributed by atoms with Crippen molar-refractivity contribution in [2.45, 2.75) is 13.5 Å². The fourth-order valence-corrected chi connectivity index (χ4v) is 3.22. The number of aromatic nitrogens is 8. The molecule has 0 radical (unpaired) electrons. The smallest absolute Gasteiger partial charge is 0.227 e. The van der Waals surface area contributed by atoms with Gasteiger partial charge in [-0.1, -0.05) is 0 Å². The molecule has 1 aromatic carbocycles. The highest BCUT2D eigenvalue weighted by atomic mass is 15.3. The summed E-state index contributed by atoms with van der Waals surface area (Å²) in [4.78, 5) is 17.3. The summed E-state index contributed by atoms with van der Waals surface area (Å²) in [6.45, 7) is 2.82.